The molecule has 0 saturated carbocycles. The van der Waals surface area contributed by atoms with Gasteiger partial charge >= 0.3 is 0 Å². The lowest BCUT2D eigenvalue weighted by atomic mass is 9.94. The first kappa shape index (κ1) is 21.7. The molecule has 0 aliphatic carbocycles. The molecule has 0 fully saturated rings. The lowest BCUT2D eigenvalue weighted by Gasteiger charge is -2.15. The van der Waals surface area contributed by atoms with Gasteiger partial charge in [-0.05, 0) is 41.6 Å². The molecule has 6 heteroatoms. The summed E-state index contributed by atoms with van der Waals surface area (Å²) in [6.45, 7) is 1.88. The third kappa shape index (κ3) is 4.13. The van der Waals surface area contributed by atoms with Crippen LogP contribution >= 0.6 is 11.3 Å². The molecule has 1 unspecified atom stereocenters. The van der Waals surface area contributed by atoms with Crippen molar-refractivity contribution in [2.24, 2.45) is 0 Å². The zero-order valence-electron chi connectivity index (χ0n) is 18.1. The van der Waals surface area contributed by atoms with Crippen LogP contribution < -0.4 is 15.0 Å². The van der Waals surface area contributed by atoms with Crippen molar-refractivity contribution in [1.82, 2.24) is 4.98 Å². The van der Waals surface area contributed by atoms with Crippen LogP contribution in [0.3, 0.4) is 0 Å². The number of methoxy groups -OCH3 is 2. The van der Waals surface area contributed by atoms with Gasteiger partial charge in [0.1, 0.15) is 6.10 Å². The minimum atomic E-state index is -0.669. The second-order valence-electron chi connectivity index (χ2n) is 7.21. The van der Waals surface area contributed by atoms with Crippen molar-refractivity contribution in [3.8, 4) is 44.9 Å². The fourth-order valence-electron chi connectivity index (χ4n) is 3.60. The number of nitrogens with one attached hydrogen (secondary N) is 1. The Bertz CT molecular complexity index is 1380. The number of thiophene rings is 1. The van der Waals surface area contributed by atoms with Crippen molar-refractivity contribution in [3.05, 3.63) is 69.8 Å². The number of aromatic amines is 1. The Morgan fingerprint density at radius 3 is 2.53 bits per heavy atom. The molecule has 0 amide bonds. The van der Waals surface area contributed by atoms with Crippen molar-refractivity contribution < 1.29 is 14.6 Å². The largest absolute Gasteiger partial charge is 0.493 e. The predicted octanol–water partition coefficient (Wildman–Crippen LogP) is 5.06. The Balaban J connectivity index is 2.05. The monoisotopic (exact) mass is 445 g/mol. The van der Waals surface area contributed by atoms with Crippen LogP contribution in [0.2, 0.25) is 0 Å². The first-order chi connectivity index (χ1) is 15.5. The minimum absolute atomic E-state index is 0.180. The number of hydrogen-bond donors (Lipinski definition) is 2. The summed E-state index contributed by atoms with van der Waals surface area (Å²) in [6.07, 6.45) is -0.104. The van der Waals surface area contributed by atoms with E-state index in [1.807, 2.05) is 54.8 Å². The number of H-pyrrole nitrogens is 1. The molecule has 4 aromatic rings. The summed E-state index contributed by atoms with van der Waals surface area (Å²) in [7, 11) is 3.15. The van der Waals surface area contributed by atoms with Crippen molar-refractivity contribution in [2.75, 3.05) is 14.2 Å². The van der Waals surface area contributed by atoms with Crippen molar-refractivity contribution in [3.63, 3.8) is 0 Å². The Hall–Kier alpha value is -3.53. The number of aliphatic hydroxyl groups is 1. The molecule has 0 bridgehead atoms. The number of ether oxygens (including phenoxy) is 2. The van der Waals surface area contributed by atoms with E-state index in [0.717, 1.165) is 27.0 Å². The van der Waals surface area contributed by atoms with Gasteiger partial charge in [-0.1, -0.05) is 37.0 Å². The Morgan fingerprint density at radius 2 is 1.84 bits per heavy atom. The average molecular weight is 446 g/mol. The highest BCUT2D eigenvalue weighted by Crippen LogP contribution is 2.40. The Labute approximate surface area is 190 Å². The standard InChI is InChI=1S/C26H23NO4S/c1-4-18(28)11-10-16-7-5-8-17(13-16)24-19-14-21(30-2)22(31-3)15-20(19)27-26(29)25(24)23-9-6-12-32-23/h5-9,12-15,18,28H,4H2,1-3H3,(H,27,29). The molecule has 162 valence electrons. The summed E-state index contributed by atoms with van der Waals surface area (Å²) in [5.74, 6) is 7.01. The highest BCUT2D eigenvalue weighted by atomic mass is 32.1. The number of hydrogen-bond acceptors (Lipinski definition) is 5. The van der Waals surface area contributed by atoms with Gasteiger partial charge in [0, 0.05) is 27.5 Å². The van der Waals surface area contributed by atoms with Gasteiger partial charge < -0.3 is 19.6 Å². The van der Waals surface area contributed by atoms with E-state index >= 15 is 0 Å². The summed E-state index contributed by atoms with van der Waals surface area (Å²) in [5, 5.41) is 12.6. The van der Waals surface area contributed by atoms with Gasteiger partial charge in [-0.3, -0.25) is 4.79 Å². The van der Waals surface area contributed by atoms with E-state index in [4.69, 9.17) is 9.47 Å². The molecule has 2 aromatic heterocycles. The van der Waals surface area contributed by atoms with Gasteiger partial charge in [-0.15, -0.1) is 11.3 Å². The van der Waals surface area contributed by atoms with Gasteiger partial charge in [0.15, 0.2) is 11.5 Å². The van der Waals surface area contributed by atoms with Crippen LogP contribution in [0, 0.1) is 11.8 Å². The summed E-state index contributed by atoms with van der Waals surface area (Å²) in [5.41, 5.74) is 3.49. The van der Waals surface area contributed by atoms with Crippen LogP contribution in [0.1, 0.15) is 18.9 Å². The quantitative estimate of drug-likeness (QED) is 0.421. The molecule has 2 heterocycles. The minimum Gasteiger partial charge on any atom is -0.493 e. The van der Waals surface area contributed by atoms with Gasteiger partial charge in [-0.2, -0.15) is 0 Å². The van der Waals surface area contributed by atoms with Gasteiger partial charge in [-0.25, -0.2) is 0 Å². The molecule has 5 nitrogen and oxygen atoms in total. The van der Waals surface area contributed by atoms with E-state index in [2.05, 4.69) is 16.8 Å². The molecular formula is C26H23NO4S. The maximum absolute atomic E-state index is 13.2. The average Bonchev–Trinajstić information content (AvgIpc) is 3.35. The molecule has 0 aliphatic heterocycles. The summed E-state index contributed by atoms with van der Waals surface area (Å²) in [6, 6.07) is 15.2. The van der Waals surface area contributed by atoms with E-state index in [0.29, 0.717) is 29.0 Å². The normalized spacial score (nSPS) is 11.6. The zero-order chi connectivity index (χ0) is 22.7. The Morgan fingerprint density at radius 1 is 1.06 bits per heavy atom. The molecular weight excluding hydrogens is 422 g/mol. The van der Waals surface area contributed by atoms with Gasteiger partial charge in [0.25, 0.3) is 5.56 Å². The first-order valence-electron chi connectivity index (χ1n) is 10.2. The van der Waals surface area contributed by atoms with Crippen LogP contribution in [-0.4, -0.2) is 30.4 Å². The zero-order valence-corrected chi connectivity index (χ0v) is 18.9. The maximum atomic E-state index is 13.2. The molecule has 0 radical (unpaired) electrons. The second-order valence-corrected chi connectivity index (χ2v) is 8.16. The third-order valence-electron chi connectivity index (χ3n) is 5.21. The molecule has 0 saturated heterocycles. The third-order valence-corrected chi connectivity index (χ3v) is 6.09. The fraction of sp³-hybridized carbons (Fsp3) is 0.192. The van der Waals surface area contributed by atoms with Crippen molar-refractivity contribution >= 4 is 22.2 Å². The summed E-state index contributed by atoms with van der Waals surface area (Å²) >= 11 is 1.51. The number of benzene rings is 2. The summed E-state index contributed by atoms with van der Waals surface area (Å²) in [4.78, 5) is 17.1. The lowest BCUT2D eigenvalue weighted by Crippen LogP contribution is -2.11. The van der Waals surface area contributed by atoms with E-state index in [-0.39, 0.29) is 5.56 Å². The molecule has 32 heavy (non-hydrogen) atoms. The van der Waals surface area contributed by atoms with E-state index in [1.165, 1.54) is 11.3 Å². The predicted molar refractivity (Wildman–Crippen MR) is 130 cm³/mol. The van der Waals surface area contributed by atoms with Crippen molar-refractivity contribution in [1.29, 1.82) is 0 Å². The highest BCUT2D eigenvalue weighted by Gasteiger charge is 2.19. The molecule has 1 atom stereocenters. The highest BCUT2D eigenvalue weighted by molar-refractivity contribution is 7.13. The van der Waals surface area contributed by atoms with Gasteiger partial charge in [0.2, 0.25) is 0 Å². The summed E-state index contributed by atoms with van der Waals surface area (Å²) < 4.78 is 11.0. The second kappa shape index (κ2) is 9.31. The molecule has 0 aliphatic rings. The van der Waals surface area contributed by atoms with E-state index in [9.17, 15) is 9.90 Å². The number of fused-ring (bicyclic) bond motifs is 1. The molecule has 0 spiro atoms. The maximum Gasteiger partial charge on any atom is 0.257 e. The fourth-order valence-corrected chi connectivity index (χ4v) is 4.37. The van der Waals surface area contributed by atoms with Crippen LogP contribution in [0.15, 0.2) is 58.7 Å². The molecule has 2 N–H and O–H groups in total. The van der Waals surface area contributed by atoms with Gasteiger partial charge in [0.05, 0.1) is 25.3 Å². The first-order valence-corrected chi connectivity index (χ1v) is 11.1. The number of aromatic nitrogens is 1. The van der Waals surface area contributed by atoms with E-state index in [1.54, 1.807) is 20.3 Å². The lowest BCUT2D eigenvalue weighted by molar-refractivity contribution is 0.228. The number of aliphatic hydroxyl groups excluding tert-OH is 1. The Kier molecular flexibility index (Phi) is 6.31. The molecule has 2 aromatic carbocycles. The topological polar surface area (TPSA) is 71.5 Å². The van der Waals surface area contributed by atoms with E-state index < -0.39 is 6.10 Å². The van der Waals surface area contributed by atoms with Crippen LogP contribution in [-0.2, 0) is 0 Å². The smallest absolute Gasteiger partial charge is 0.257 e. The van der Waals surface area contributed by atoms with Crippen LogP contribution in [0.25, 0.3) is 32.5 Å². The number of pyridine rings is 1. The van der Waals surface area contributed by atoms with Crippen LogP contribution in [0.5, 0.6) is 11.5 Å². The SMILES string of the molecule is CCC(O)C#Cc1cccc(-c2c(-c3cccs3)c(=O)[nH]c3cc(OC)c(OC)cc23)c1. The van der Waals surface area contributed by atoms with Crippen molar-refractivity contribution in [2.45, 2.75) is 19.4 Å². The molecule has 4 rings (SSSR count). The number of rotatable bonds is 5. The van der Waals surface area contributed by atoms with Crippen LogP contribution in [0.4, 0.5) is 0 Å².